The van der Waals surface area contributed by atoms with Gasteiger partial charge in [0.1, 0.15) is 11.5 Å². The minimum absolute atomic E-state index is 0.147. The number of rotatable bonds is 9. The van der Waals surface area contributed by atoms with E-state index in [-0.39, 0.29) is 17.2 Å². The van der Waals surface area contributed by atoms with E-state index in [1.165, 1.54) is 24.3 Å². The summed E-state index contributed by atoms with van der Waals surface area (Å²) in [5.74, 6) is -0.242. The van der Waals surface area contributed by atoms with Crippen LogP contribution < -0.4 is 19.9 Å². The Kier molecular flexibility index (Phi) is 7.36. The van der Waals surface area contributed by atoms with Crippen LogP contribution in [0.2, 0.25) is 0 Å². The van der Waals surface area contributed by atoms with Crippen molar-refractivity contribution in [1.82, 2.24) is 0 Å². The molecule has 28 heavy (non-hydrogen) atoms. The van der Waals surface area contributed by atoms with Crippen molar-refractivity contribution in [3.8, 4) is 11.5 Å². The number of sulfonamides is 1. The summed E-state index contributed by atoms with van der Waals surface area (Å²) < 4.78 is 38.0. The highest BCUT2D eigenvalue weighted by Gasteiger charge is 2.11. The van der Waals surface area contributed by atoms with Gasteiger partial charge in [-0.05, 0) is 49.4 Å². The highest BCUT2D eigenvalue weighted by Crippen LogP contribution is 2.17. The maximum Gasteiger partial charge on any atom is 0.344 e. The zero-order chi connectivity index (χ0) is 20.6. The molecule has 9 nitrogen and oxygen atoms in total. The molecule has 0 aliphatic rings. The summed E-state index contributed by atoms with van der Waals surface area (Å²) in [6.07, 6.45) is 0. The molecule has 0 bridgehead atoms. The molecular weight excluding hydrogens is 388 g/mol. The van der Waals surface area contributed by atoms with Crippen molar-refractivity contribution in [2.45, 2.75) is 11.8 Å². The number of hydrogen-bond acceptors (Lipinski definition) is 7. The van der Waals surface area contributed by atoms with Crippen molar-refractivity contribution in [1.29, 1.82) is 0 Å². The first-order valence-electron chi connectivity index (χ1n) is 8.22. The first-order valence-corrected chi connectivity index (χ1v) is 9.76. The summed E-state index contributed by atoms with van der Waals surface area (Å²) in [6, 6.07) is 12.1. The third-order valence-electron chi connectivity index (χ3n) is 3.30. The fourth-order valence-corrected chi connectivity index (χ4v) is 2.64. The molecule has 1 amide bonds. The quantitative estimate of drug-likeness (QED) is 0.597. The fraction of sp³-hybridized carbons (Fsp3) is 0.222. The molecule has 0 aliphatic carbocycles. The van der Waals surface area contributed by atoms with E-state index in [1.807, 2.05) is 6.92 Å². The molecule has 0 saturated heterocycles. The number of nitrogens with two attached hydrogens (primary N) is 1. The molecule has 0 atom stereocenters. The molecule has 0 unspecified atom stereocenters. The molecule has 0 fully saturated rings. The molecule has 0 spiro atoms. The second-order valence-corrected chi connectivity index (χ2v) is 7.04. The Labute approximate surface area is 162 Å². The summed E-state index contributed by atoms with van der Waals surface area (Å²) in [5, 5.41) is 7.44. The van der Waals surface area contributed by atoms with Crippen LogP contribution in [0.15, 0.2) is 53.4 Å². The first-order chi connectivity index (χ1) is 13.3. The lowest BCUT2D eigenvalue weighted by Gasteiger charge is -2.09. The van der Waals surface area contributed by atoms with Gasteiger partial charge in [-0.3, -0.25) is 4.79 Å². The number of hydrogen-bond donors (Lipinski definition) is 2. The maximum atomic E-state index is 11.8. The van der Waals surface area contributed by atoms with Crippen LogP contribution in [-0.2, 0) is 24.3 Å². The number of anilines is 1. The summed E-state index contributed by atoms with van der Waals surface area (Å²) in [7, 11) is -3.89. The normalized spacial score (nSPS) is 10.8. The van der Waals surface area contributed by atoms with E-state index in [0.717, 1.165) is 0 Å². The third-order valence-corrected chi connectivity index (χ3v) is 4.21. The van der Waals surface area contributed by atoms with Gasteiger partial charge in [0, 0.05) is 5.69 Å². The lowest BCUT2D eigenvalue weighted by molar-refractivity contribution is -0.149. The van der Waals surface area contributed by atoms with Crippen molar-refractivity contribution in [3.05, 3.63) is 48.5 Å². The monoisotopic (exact) mass is 408 g/mol. The van der Waals surface area contributed by atoms with E-state index in [9.17, 15) is 18.0 Å². The average molecular weight is 408 g/mol. The Balaban J connectivity index is 1.77. The molecule has 10 heteroatoms. The number of carbonyl (C=O) groups is 2. The SMILES string of the molecule is CCOc1ccc(OCC(=O)OCC(=O)Nc2cccc(S(N)(=O)=O)c2)cc1. The topological polar surface area (TPSA) is 134 Å². The molecule has 3 N–H and O–H groups in total. The van der Waals surface area contributed by atoms with Gasteiger partial charge in [-0.25, -0.2) is 18.4 Å². The molecule has 2 aromatic rings. The predicted molar refractivity (Wildman–Crippen MR) is 101 cm³/mol. The summed E-state index contributed by atoms with van der Waals surface area (Å²) in [4.78, 5) is 23.4. The zero-order valence-corrected chi connectivity index (χ0v) is 15.9. The second-order valence-electron chi connectivity index (χ2n) is 5.47. The summed E-state index contributed by atoms with van der Waals surface area (Å²) >= 11 is 0. The van der Waals surface area contributed by atoms with E-state index >= 15 is 0 Å². The van der Waals surface area contributed by atoms with Crippen LogP contribution in [0.1, 0.15) is 6.92 Å². The van der Waals surface area contributed by atoms with Crippen molar-refractivity contribution < 1.29 is 32.2 Å². The van der Waals surface area contributed by atoms with Crippen molar-refractivity contribution in [2.24, 2.45) is 5.14 Å². The molecule has 150 valence electrons. The zero-order valence-electron chi connectivity index (χ0n) is 15.1. The Bertz CT molecular complexity index is 927. The van der Waals surface area contributed by atoms with E-state index in [2.05, 4.69) is 5.32 Å². The molecule has 0 saturated carbocycles. The Hall–Kier alpha value is -3.11. The minimum Gasteiger partial charge on any atom is -0.494 e. The first kappa shape index (κ1) is 21.2. The van der Waals surface area contributed by atoms with Gasteiger partial charge in [-0.1, -0.05) is 6.07 Å². The van der Waals surface area contributed by atoms with Crippen LogP contribution in [0.25, 0.3) is 0 Å². The smallest absolute Gasteiger partial charge is 0.344 e. The highest BCUT2D eigenvalue weighted by molar-refractivity contribution is 7.89. The van der Waals surface area contributed by atoms with E-state index in [0.29, 0.717) is 18.1 Å². The van der Waals surface area contributed by atoms with E-state index < -0.39 is 28.5 Å². The molecular formula is C18H20N2O7S. The molecule has 2 aromatic carbocycles. The van der Waals surface area contributed by atoms with Gasteiger partial charge in [0.15, 0.2) is 13.2 Å². The molecule has 0 heterocycles. The number of nitrogens with one attached hydrogen (secondary N) is 1. The highest BCUT2D eigenvalue weighted by atomic mass is 32.2. The Morgan fingerprint density at radius 3 is 2.25 bits per heavy atom. The van der Waals surface area contributed by atoms with E-state index in [1.54, 1.807) is 24.3 Å². The number of primary sulfonamides is 1. The van der Waals surface area contributed by atoms with Gasteiger partial charge in [-0.15, -0.1) is 0 Å². The van der Waals surface area contributed by atoms with Crippen molar-refractivity contribution in [3.63, 3.8) is 0 Å². The summed E-state index contributed by atoms with van der Waals surface area (Å²) in [6.45, 7) is 1.49. The van der Waals surface area contributed by atoms with Gasteiger partial charge in [0.05, 0.1) is 11.5 Å². The number of carbonyl (C=O) groups excluding carboxylic acids is 2. The van der Waals surface area contributed by atoms with Crippen LogP contribution in [0.4, 0.5) is 5.69 Å². The average Bonchev–Trinajstić information content (AvgIpc) is 2.65. The van der Waals surface area contributed by atoms with Crippen LogP contribution in [-0.4, -0.2) is 40.1 Å². The second kappa shape index (κ2) is 9.72. The molecule has 0 aliphatic heterocycles. The fourth-order valence-electron chi connectivity index (χ4n) is 2.08. The predicted octanol–water partition coefficient (Wildman–Crippen LogP) is 1.29. The third kappa shape index (κ3) is 6.89. The van der Waals surface area contributed by atoms with Crippen LogP contribution >= 0.6 is 0 Å². The van der Waals surface area contributed by atoms with Crippen LogP contribution in [0.3, 0.4) is 0 Å². The number of amides is 1. The largest absolute Gasteiger partial charge is 0.494 e. The number of benzene rings is 2. The van der Waals surface area contributed by atoms with Crippen molar-refractivity contribution >= 4 is 27.6 Å². The lowest BCUT2D eigenvalue weighted by atomic mass is 10.3. The molecule has 0 radical (unpaired) electrons. The van der Waals surface area contributed by atoms with Crippen LogP contribution in [0.5, 0.6) is 11.5 Å². The van der Waals surface area contributed by atoms with Gasteiger partial charge in [0.25, 0.3) is 5.91 Å². The standard InChI is InChI=1S/C18H20N2O7S/c1-2-25-14-6-8-15(9-7-14)26-12-18(22)27-11-17(21)20-13-4-3-5-16(10-13)28(19,23)24/h3-10H,2,11-12H2,1H3,(H,20,21)(H2,19,23,24). The van der Waals surface area contributed by atoms with Gasteiger partial charge in [-0.2, -0.15) is 0 Å². The maximum absolute atomic E-state index is 11.8. The van der Waals surface area contributed by atoms with Gasteiger partial charge >= 0.3 is 5.97 Å². The lowest BCUT2D eigenvalue weighted by Crippen LogP contribution is -2.23. The minimum atomic E-state index is -3.89. The van der Waals surface area contributed by atoms with Gasteiger partial charge in [0.2, 0.25) is 10.0 Å². The summed E-state index contributed by atoms with van der Waals surface area (Å²) in [5.41, 5.74) is 0.207. The molecule has 2 rings (SSSR count). The van der Waals surface area contributed by atoms with Gasteiger partial charge < -0.3 is 19.5 Å². The number of ether oxygens (including phenoxy) is 3. The Morgan fingerprint density at radius 1 is 1.00 bits per heavy atom. The number of esters is 1. The van der Waals surface area contributed by atoms with E-state index in [4.69, 9.17) is 19.3 Å². The van der Waals surface area contributed by atoms with Crippen molar-refractivity contribution in [2.75, 3.05) is 25.1 Å². The molecule has 0 aromatic heterocycles. The Morgan fingerprint density at radius 2 is 1.64 bits per heavy atom. The van der Waals surface area contributed by atoms with Crippen LogP contribution in [0, 0.1) is 0 Å².